The number of halogens is 2. The van der Waals surface area contributed by atoms with Gasteiger partial charge >= 0.3 is 0 Å². The molecule has 0 heterocycles. The van der Waals surface area contributed by atoms with Crippen molar-refractivity contribution in [2.24, 2.45) is 5.73 Å². The van der Waals surface area contributed by atoms with E-state index in [4.69, 9.17) is 28.9 Å². The largest absolute Gasteiger partial charge is 0.337 e. The number of carbonyl (C=O) groups excluding carboxylic acids is 1. The molecule has 18 heavy (non-hydrogen) atoms. The smallest absolute Gasteiger partial charge is 0.242 e. The molecular weight excluding hydrogens is 271 g/mol. The fourth-order valence-electron chi connectivity index (χ4n) is 1.85. The van der Waals surface area contributed by atoms with E-state index in [0.29, 0.717) is 23.1 Å². The highest BCUT2D eigenvalue weighted by Crippen LogP contribution is 2.34. The van der Waals surface area contributed by atoms with Crippen LogP contribution >= 0.6 is 23.2 Å². The Morgan fingerprint density at radius 1 is 1.39 bits per heavy atom. The van der Waals surface area contributed by atoms with Crippen molar-refractivity contribution in [3.63, 3.8) is 0 Å². The summed E-state index contributed by atoms with van der Waals surface area (Å²) in [5.41, 5.74) is 6.28. The molecule has 0 unspecified atom stereocenters. The van der Waals surface area contributed by atoms with E-state index < -0.39 is 5.54 Å². The molecule has 1 saturated carbocycles. The monoisotopic (exact) mass is 286 g/mol. The molecule has 0 radical (unpaired) electrons. The lowest BCUT2D eigenvalue weighted by Crippen LogP contribution is -2.45. The zero-order valence-electron chi connectivity index (χ0n) is 10.2. The van der Waals surface area contributed by atoms with Gasteiger partial charge in [-0.1, -0.05) is 29.3 Å². The predicted octanol–water partition coefficient (Wildman–Crippen LogP) is 2.83. The molecule has 0 spiro atoms. The molecule has 1 fully saturated rings. The normalized spacial score (nSPS) is 16.4. The Morgan fingerprint density at radius 3 is 2.56 bits per heavy atom. The zero-order valence-corrected chi connectivity index (χ0v) is 11.8. The van der Waals surface area contributed by atoms with Crippen molar-refractivity contribution in [3.8, 4) is 0 Å². The summed E-state index contributed by atoms with van der Waals surface area (Å²) < 4.78 is 0. The molecular formula is C13H16Cl2N2O. The van der Waals surface area contributed by atoms with Crippen LogP contribution in [-0.4, -0.2) is 22.9 Å². The highest BCUT2D eigenvalue weighted by Gasteiger charge is 2.47. The summed E-state index contributed by atoms with van der Waals surface area (Å²) in [7, 11) is 0. The molecule has 0 saturated heterocycles. The van der Waals surface area contributed by atoms with Crippen LogP contribution in [0.1, 0.15) is 25.3 Å². The van der Waals surface area contributed by atoms with E-state index >= 15 is 0 Å². The van der Waals surface area contributed by atoms with Crippen molar-refractivity contribution < 1.29 is 4.79 Å². The van der Waals surface area contributed by atoms with E-state index in [1.165, 1.54) is 0 Å². The summed E-state index contributed by atoms with van der Waals surface area (Å²) in [6.07, 6.45) is 1.56. The van der Waals surface area contributed by atoms with Crippen LogP contribution in [0, 0.1) is 0 Å². The number of hydrogen-bond donors (Lipinski definition) is 1. The molecule has 5 heteroatoms. The number of benzene rings is 1. The summed E-state index contributed by atoms with van der Waals surface area (Å²) >= 11 is 11.8. The molecule has 1 aromatic carbocycles. The molecule has 0 atom stereocenters. The first-order valence-electron chi connectivity index (χ1n) is 5.98. The summed E-state index contributed by atoms with van der Waals surface area (Å²) in [6, 6.07) is 5.41. The lowest BCUT2D eigenvalue weighted by atomic mass is 10.2. The summed E-state index contributed by atoms with van der Waals surface area (Å²) in [6.45, 7) is 3.10. The first-order chi connectivity index (χ1) is 8.46. The van der Waals surface area contributed by atoms with Crippen LogP contribution in [0.4, 0.5) is 0 Å². The number of rotatable bonds is 4. The van der Waals surface area contributed by atoms with E-state index in [-0.39, 0.29) is 5.91 Å². The van der Waals surface area contributed by atoms with Crippen LogP contribution in [0.2, 0.25) is 10.0 Å². The highest BCUT2D eigenvalue weighted by molar-refractivity contribution is 6.42. The Labute approximate surface area is 117 Å². The van der Waals surface area contributed by atoms with E-state index in [1.807, 2.05) is 13.0 Å². The quantitative estimate of drug-likeness (QED) is 0.925. The summed E-state index contributed by atoms with van der Waals surface area (Å²) in [5.74, 6) is 0.0241. The molecule has 1 aliphatic rings. The lowest BCUT2D eigenvalue weighted by Gasteiger charge is -2.24. The van der Waals surface area contributed by atoms with Crippen molar-refractivity contribution in [1.29, 1.82) is 0 Å². The van der Waals surface area contributed by atoms with E-state index in [9.17, 15) is 4.79 Å². The first-order valence-corrected chi connectivity index (χ1v) is 6.74. The van der Waals surface area contributed by atoms with Gasteiger partial charge in [0.1, 0.15) is 0 Å². The van der Waals surface area contributed by atoms with Crippen molar-refractivity contribution >= 4 is 29.1 Å². The van der Waals surface area contributed by atoms with Gasteiger partial charge in [0, 0.05) is 13.1 Å². The van der Waals surface area contributed by atoms with Crippen LogP contribution in [0.15, 0.2) is 18.2 Å². The van der Waals surface area contributed by atoms with Crippen molar-refractivity contribution in [3.05, 3.63) is 33.8 Å². The van der Waals surface area contributed by atoms with Gasteiger partial charge in [0.05, 0.1) is 15.6 Å². The minimum atomic E-state index is -0.619. The minimum absolute atomic E-state index is 0.0241. The third kappa shape index (κ3) is 2.79. The number of carbonyl (C=O) groups is 1. The van der Waals surface area contributed by atoms with Crippen molar-refractivity contribution in [1.82, 2.24) is 4.90 Å². The van der Waals surface area contributed by atoms with E-state index in [0.717, 1.165) is 18.4 Å². The van der Waals surface area contributed by atoms with Crippen molar-refractivity contribution in [2.45, 2.75) is 31.8 Å². The third-order valence-electron chi connectivity index (χ3n) is 3.24. The Hall–Kier alpha value is -0.770. The molecule has 0 aliphatic heterocycles. The Kier molecular flexibility index (Phi) is 3.85. The zero-order chi connectivity index (χ0) is 13.3. The van der Waals surface area contributed by atoms with Crippen LogP contribution in [-0.2, 0) is 11.3 Å². The highest BCUT2D eigenvalue weighted by atomic mass is 35.5. The van der Waals surface area contributed by atoms with Gasteiger partial charge in [0.15, 0.2) is 0 Å². The Bertz CT molecular complexity index is 472. The van der Waals surface area contributed by atoms with Gasteiger partial charge in [0.2, 0.25) is 5.91 Å². The van der Waals surface area contributed by atoms with E-state index in [1.54, 1.807) is 17.0 Å². The molecule has 2 N–H and O–H groups in total. The van der Waals surface area contributed by atoms with Gasteiger partial charge in [-0.05, 0) is 37.5 Å². The molecule has 0 aromatic heterocycles. The molecule has 1 aliphatic carbocycles. The number of hydrogen-bond acceptors (Lipinski definition) is 2. The molecule has 1 aromatic rings. The molecule has 98 valence electrons. The van der Waals surface area contributed by atoms with Crippen LogP contribution in [0.3, 0.4) is 0 Å². The molecule has 2 rings (SSSR count). The Morgan fingerprint density at radius 2 is 2.06 bits per heavy atom. The van der Waals surface area contributed by atoms with Crippen molar-refractivity contribution in [2.75, 3.05) is 6.54 Å². The molecule has 0 bridgehead atoms. The topological polar surface area (TPSA) is 46.3 Å². The standard InChI is InChI=1S/C13H16Cl2N2O/c1-2-17(12(18)13(16)5-6-13)8-9-3-4-10(14)11(15)7-9/h3-4,7H,2,5-6,8,16H2,1H3. The maximum Gasteiger partial charge on any atom is 0.242 e. The van der Waals surface area contributed by atoms with Gasteiger partial charge in [-0.2, -0.15) is 0 Å². The van der Waals surface area contributed by atoms with E-state index in [2.05, 4.69) is 0 Å². The van der Waals surface area contributed by atoms with Crippen LogP contribution in [0.5, 0.6) is 0 Å². The minimum Gasteiger partial charge on any atom is -0.337 e. The second kappa shape index (κ2) is 5.08. The second-order valence-electron chi connectivity index (χ2n) is 4.72. The number of amides is 1. The fraction of sp³-hybridized carbons (Fsp3) is 0.462. The first kappa shape index (κ1) is 13.7. The predicted molar refractivity (Wildman–Crippen MR) is 73.7 cm³/mol. The second-order valence-corrected chi connectivity index (χ2v) is 5.54. The lowest BCUT2D eigenvalue weighted by molar-refractivity contribution is -0.134. The third-order valence-corrected chi connectivity index (χ3v) is 3.98. The fourth-order valence-corrected chi connectivity index (χ4v) is 2.17. The van der Waals surface area contributed by atoms with Gasteiger partial charge in [-0.25, -0.2) is 0 Å². The van der Waals surface area contributed by atoms with Gasteiger partial charge in [0.25, 0.3) is 0 Å². The van der Waals surface area contributed by atoms with Gasteiger partial charge in [-0.15, -0.1) is 0 Å². The number of nitrogens with two attached hydrogens (primary N) is 1. The SMILES string of the molecule is CCN(Cc1ccc(Cl)c(Cl)c1)C(=O)C1(N)CC1. The molecule has 1 amide bonds. The maximum absolute atomic E-state index is 12.2. The number of nitrogens with zero attached hydrogens (tertiary/aromatic N) is 1. The maximum atomic E-state index is 12.2. The molecule has 3 nitrogen and oxygen atoms in total. The Balaban J connectivity index is 2.10. The number of likely N-dealkylation sites (N-methyl/N-ethyl adjacent to an activating group) is 1. The summed E-state index contributed by atoms with van der Waals surface area (Å²) in [4.78, 5) is 13.9. The van der Waals surface area contributed by atoms with Crippen LogP contribution < -0.4 is 5.73 Å². The average Bonchev–Trinajstić information content (AvgIpc) is 3.09. The van der Waals surface area contributed by atoms with Crippen LogP contribution in [0.25, 0.3) is 0 Å². The van der Waals surface area contributed by atoms with Gasteiger partial charge < -0.3 is 10.6 Å². The average molecular weight is 287 g/mol. The van der Waals surface area contributed by atoms with Gasteiger partial charge in [-0.3, -0.25) is 4.79 Å². The summed E-state index contributed by atoms with van der Waals surface area (Å²) in [5, 5.41) is 1.03.